The molecule has 3 aromatic carbocycles. The van der Waals surface area contributed by atoms with E-state index in [4.69, 9.17) is 9.47 Å². The van der Waals surface area contributed by atoms with Crippen LogP contribution in [0.3, 0.4) is 0 Å². The molecule has 3 rings (SSSR count). The van der Waals surface area contributed by atoms with Crippen LogP contribution < -0.4 is 9.47 Å². The zero-order chi connectivity index (χ0) is 23.1. The van der Waals surface area contributed by atoms with Crippen LogP contribution in [0.2, 0.25) is 0 Å². The van der Waals surface area contributed by atoms with Crippen LogP contribution in [-0.2, 0) is 6.61 Å². The van der Waals surface area contributed by atoms with Crippen LogP contribution >= 0.6 is 31.9 Å². The van der Waals surface area contributed by atoms with Crippen molar-refractivity contribution in [1.29, 1.82) is 5.26 Å². The highest BCUT2D eigenvalue weighted by Crippen LogP contribution is 2.38. The molecular weight excluding hydrogens is 540 g/mol. The second-order valence-corrected chi connectivity index (χ2v) is 8.42. The Bertz CT molecular complexity index is 1180. The summed E-state index contributed by atoms with van der Waals surface area (Å²) < 4.78 is 13.5. The number of benzene rings is 3. The van der Waals surface area contributed by atoms with Crippen LogP contribution in [-0.4, -0.2) is 11.5 Å². The number of rotatable bonds is 8. The SMILES string of the molecule is CCOc1cc(/C=C(/C#N)c2ccc([N+](=O)[O-])cc2)cc(Br)c1OCc1ccc(Br)cc1. The van der Waals surface area contributed by atoms with Crippen molar-refractivity contribution < 1.29 is 14.4 Å². The second kappa shape index (κ2) is 10.9. The third kappa shape index (κ3) is 5.96. The lowest BCUT2D eigenvalue weighted by Crippen LogP contribution is -2.01. The highest BCUT2D eigenvalue weighted by atomic mass is 79.9. The van der Waals surface area contributed by atoms with Crippen LogP contribution in [0, 0.1) is 21.4 Å². The molecule has 0 atom stereocenters. The standard InChI is InChI=1S/C24H18Br2N2O4/c1-2-31-23-13-17(11-19(14-27)18-5-9-21(10-6-18)28(29)30)12-22(26)24(23)32-15-16-3-7-20(25)8-4-16/h3-13H,2,15H2,1H3/b19-11-. The molecule has 0 unspecified atom stereocenters. The Kier molecular flexibility index (Phi) is 8.03. The number of hydrogen-bond donors (Lipinski definition) is 0. The summed E-state index contributed by atoms with van der Waals surface area (Å²) in [7, 11) is 0. The molecule has 162 valence electrons. The number of nitrogens with zero attached hydrogens (tertiary/aromatic N) is 2. The number of halogens is 2. The van der Waals surface area contributed by atoms with Gasteiger partial charge in [-0.05, 0) is 82.0 Å². The van der Waals surface area contributed by atoms with Crippen molar-refractivity contribution in [2.45, 2.75) is 13.5 Å². The number of allylic oxidation sites excluding steroid dienone is 1. The van der Waals surface area contributed by atoms with Crippen molar-refractivity contribution in [3.05, 3.63) is 96.4 Å². The Morgan fingerprint density at radius 1 is 1.09 bits per heavy atom. The van der Waals surface area contributed by atoms with Crippen molar-refractivity contribution in [3.8, 4) is 17.6 Å². The molecule has 0 amide bonds. The average molecular weight is 558 g/mol. The van der Waals surface area contributed by atoms with Gasteiger partial charge in [-0.2, -0.15) is 5.26 Å². The van der Waals surface area contributed by atoms with E-state index in [0.29, 0.717) is 40.3 Å². The molecule has 8 heteroatoms. The van der Waals surface area contributed by atoms with Gasteiger partial charge >= 0.3 is 0 Å². The summed E-state index contributed by atoms with van der Waals surface area (Å²) in [6, 6.07) is 19.5. The maximum atomic E-state index is 10.9. The molecule has 0 aliphatic heterocycles. The van der Waals surface area contributed by atoms with Gasteiger partial charge < -0.3 is 9.47 Å². The molecule has 0 aliphatic carbocycles. The number of hydrogen-bond acceptors (Lipinski definition) is 5. The van der Waals surface area contributed by atoms with Crippen LogP contribution in [0.15, 0.2) is 69.6 Å². The van der Waals surface area contributed by atoms with Crippen molar-refractivity contribution >= 4 is 49.2 Å². The minimum Gasteiger partial charge on any atom is -0.490 e. The molecule has 0 aromatic heterocycles. The topological polar surface area (TPSA) is 85.4 Å². The maximum Gasteiger partial charge on any atom is 0.269 e. The van der Waals surface area contributed by atoms with Crippen LogP contribution in [0.4, 0.5) is 5.69 Å². The van der Waals surface area contributed by atoms with Gasteiger partial charge in [-0.3, -0.25) is 10.1 Å². The first-order valence-electron chi connectivity index (χ1n) is 9.61. The molecule has 6 nitrogen and oxygen atoms in total. The summed E-state index contributed by atoms with van der Waals surface area (Å²) in [4.78, 5) is 10.4. The second-order valence-electron chi connectivity index (χ2n) is 6.65. The molecule has 0 radical (unpaired) electrons. The number of nitriles is 1. The fraction of sp³-hybridized carbons (Fsp3) is 0.125. The van der Waals surface area contributed by atoms with Gasteiger partial charge in [0.25, 0.3) is 5.69 Å². The summed E-state index contributed by atoms with van der Waals surface area (Å²) in [5.74, 6) is 1.12. The molecule has 0 fully saturated rings. The molecule has 0 N–H and O–H groups in total. The monoisotopic (exact) mass is 556 g/mol. The zero-order valence-electron chi connectivity index (χ0n) is 17.0. The van der Waals surface area contributed by atoms with E-state index in [-0.39, 0.29) is 5.69 Å². The minimum atomic E-state index is -0.474. The normalized spacial score (nSPS) is 11.0. The number of nitro benzene ring substituents is 1. The molecule has 0 bridgehead atoms. The van der Waals surface area contributed by atoms with Gasteiger partial charge in [0.1, 0.15) is 6.61 Å². The van der Waals surface area contributed by atoms with Gasteiger partial charge in [-0.15, -0.1) is 0 Å². The van der Waals surface area contributed by atoms with Gasteiger partial charge in [0.15, 0.2) is 11.5 Å². The third-order valence-electron chi connectivity index (χ3n) is 4.45. The van der Waals surface area contributed by atoms with Crippen molar-refractivity contribution in [2.24, 2.45) is 0 Å². The highest BCUT2D eigenvalue weighted by molar-refractivity contribution is 9.10. The molecule has 0 saturated carbocycles. The van der Waals surface area contributed by atoms with E-state index in [1.165, 1.54) is 12.1 Å². The number of ether oxygens (including phenoxy) is 2. The van der Waals surface area contributed by atoms with Crippen molar-refractivity contribution in [1.82, 2.24) is 0 Å². The Balaban J connectivity index is 1.90. The summed E-state index contributed by atoms with van der Waals surface area (Å²) in [6.45, 7) is 2.70. The van der Waals surface area contributed by atoms with E-state index in [0.717, 1.165) is 15.6 Å². The molecule has 0 aliphatic rings. The molecule has 32 heavy (non-hydrogen) atoms. The quantitative estimate of drug-likeness (QED) is 0.127. The fourth-order valence-electron chi connectivity index (χ4n) is 2.92. The molecule has 0 spiro atoms. The van der Waals surface area contributed by atoms with E-state index in [9.17, 15) is 15.4 Å². The molecular formula is C24H18Br2N2O4. The Labute approximate surface area is 202 Å². The Morgan fingerprint density at radius 2 is 1.78 bits per heavy atom. The Morgan fingerprint density at radius 3 is 2.38 bits per heavy atom. The average Bonchev–Trinajstić information content (AvgIpc) is 2.78. The fourth-order valence-corrected chi connectivity index (χ4v) is 3.76. The zero-order valence-corrected chi connectivity index (χ0v) is 20.2. The summed E-state index contributed by atoms with van der Waals surface area (Å²) in [6.07, 6.45) is 1.70. The minimum absolute atomic E-state index is 0.0281. The first-order valence-corrected chi connectivity index (χ1v) is 11.2. The first kappa shape index (κ1) is 23.5. The van der Waals surface area contributed by atoms with E-state index in [1.54, 1.807) is 24.3 Å². The van der Waals surface area contributed by atoms with Crippen LogP contribution in [0.5, 0.6) is 11.5 Å². The summed E-state index contributed by atoms with van der Waals surface area (Å²) in [5.41, 5.74) is 2.67. The number of nitro groups is 1. The number of non-ortho nitro benzene ring substituents is 1. The lowest BCUT2D eigenvalue weighted by Gasteiger charge is -2.15. The maximum absolute atomic E-state index is 10.9. The van der Waals surface area contributed by atoms with E-state index in [2.05, 4.69) is 37.9 Å². The Hall–Kier alpha value is -3.15. The third-order valence-corrected chi connectivity index (χ3v) is 5.57. The van der Waals surface area contributed by atoms with Crippen molar-refractivity contribution in [2.75, 3.05) is 6.61 Å². The van der Waals surface area contributed by atoms with E-state index < -0.39 is 4.92 Å². The van der Waals surface area contributed by atoms with Crippen molar-refractivity contribution in [3.63, 3.8) is 0 Å². The lowest BCUT2D eigenvalue weighted by atomic mass is 10.0. The van der Waals surface area contributed by atoms with Crippen LogP contribution in [0.1, 0.15) is 23.6 Å². The molecule has 0 heterocycles. The smallest absolute Gasteiger partial charge is 0.269 e. The van der Waals surface area contributed by atoms with Crippen LogP contribution in [0.25, 0.3) is 11.6 Å². The highest BCUT2D eigenvalue weighted by Gasteiger charge is 2.13. The first-order chi connectivity index (χ1) is 15.4. The largest absolute Gasteiger partial charge is 0.490 e. The van der Waals surface area contributed by atoms with Gasteiger partial charge in [0.05, 0.1) is 27.6 Å². The summed E-state index contributed by atoms with van der Waals surface area (Å²) >= 11 is 6.97. The predicted octanol–water partition coefficient (Wildman–Crippen LogP) is 7.16. The van der Waals surface area contributed by atoms with E-state index in [1.807, 2.05) is 37.3 Å². The predicted molar refractivity (Wildman–Crippen MR) is 130 cm³/mol. The molecule has 3 aromatic rings. The lowest BCUT2D eigenvalue weighted by molar-refractivity contribution is -0.384. The van der Waals surface area contributed by atoms with Gasteiger partial charge in [-0.25, -0.2) is 0 Å². The van der Waals surface area contributed by atoms with Gasteiger partial charge in [-0.1, -0.05) is 28.1 Å². The molecule has 0 saturated heterocycles. The summed E-state index contributed by atoms with van der Waals surface area (Å²) in [5, 5.41) is 20.5. The van der Waals surface area contributed by atoms with Gasteiger partial charge in [0, 0.05) is 16.6 Å². The van der Waals surface area contributed by atoms with Gasteiger partial charge in [0.2, 0.25) is 0 Å². The van der Waals surface area contributed by atoms with E-state index >= 15 is 0 Å².